The second-order valence-electron chi connectivity index (χ2n) is 6.23. The van der Waals surface area contributed by atoms with Crippen molar-refractivity contribution in [3.63, 3.8) is 0 Å². The number of unbranched alkanes of at least 4 members (excludes halogenated alkanes) is 1. The van der Waals surface area contributed by atoms with Crippen molar-refractivity contribution in [2.45, 2.75) is 38.9 Å². The van der Waals surface area contributed by atoms with Gasteiger partial charge in [0.25, 0.3) is 0 Å². The van der Waals surface area contributed by atoms with E-state index in [1.54, 1.807) is 13.3 Å². The highest BCUT2D eigenvalue weighted by Gasteiger charge is 2.11. The quantitative estimate of drug-likeness (QED) is 0.530. The maximum atomic E-state index is 6.05. The van der Waals surface area contributed by atoms with E-state index in [1.807, 2.05) is 30.3 Å². The number of benzene rings is 2. The Hall–Kier alpha value is -2.39. The lowest BCUT2D eigenvalue weighted by atomic mass is 10.0. The van der Waals surface area contributed by atoms with E-state index < -0.39 is 0 Å². The molecule has 0 amide bonds. The molecule has 25 heavy (non-hydrogen) atoms. The highest BCUT2D eigenvalue weighted by atomic mass is 16.5. The minimum atomic E-state index is 0.152. The zero-order valence-electron chi connectivity index (χ0n) is 14.9. The molecule has 0 N–H and O–H groups in total. The van der Waals surface area contributed by atoms with E-state index in [0.29, 0.717) is 6.61 Å². The lowest BCUT2D eigenvalue weighted by Gasteiger charge is -2.16. The van der Waals surface area contributed by atoms with Gasteiger partial charge in [-0.15, -0.1) is 0 Å². The molecule has 1 atom stereocenters. The molecule has 3 heteroatoms. The molecule has 3 rings (SSSR count). The summed E-state index contributed by atoms with van der Waals surface area (Å²) in [4.78, 5) is 4.44. The van der Waals surface area contributed by atoms with Crippen LogP contribution in [0.2, 0.25) is 0 Å². The largest absolute Gasteiger partial charge is 0.487 e. The Kier molecular flexibility index (Phi) is 6.02. The van der Waals surface area contributed by atoms with Crippen LogP contribution < -0.4 is 4.74 Å². The third-order valence-corrected chi connectivity index (χ3v) is 4.42. The lowest BCUT2D eigenvalue weighted by molar-refractivity contribution is 0.0935. The summed E-state index contributed by atoms with van der Waals surface area (Å²) in [6.07, 6.45) is 5.34. The van der Waals surface area contributed by atoms with Crippen LogP contribution in [0, 0.1) is 0 Å². The van der Waals surface area contributed by atoms with Crippen molar-refractivity contribution in [2.75, 3.05) is 7.11 Å². The van der Waals surface area contributed by atoms with Crippen LogP contribution in [0.1, 0.15) is 43.4 Å². The Morgan fingerprint density at radius 3 is 2.72 bits per heavy atom. The molecule has 0 fully saturated rings. The Morgan fingerprint density at radius 2 is 1.88 bits per heavy atom. The third-order valence-electron chi connectivity index (χ3n) is 4.42. The predicted molar refractivity (Wildman–Crippen MR) is 102 cm³/mol. The molecule has 3 aromatic rings. The van der Waals surface area contributed by atoms with E-state index >= 15 is 0 Å². The van der Waals surface area contributed by atoms with Gasteiger partial charge < -0.3 is 9.47 Å². The van der Waals surface area contributed by atoms with Gasteiger partial charge in [0.1, 0.15) is 17.9 Å². The van der Waals surface area contributed by atoms with Crippen LogP contribution in [0.4, 0.5) is 0 Å². The van der Waals surface area contributed by atoms with Crippen LogP contribution in [0.3, 0.4) is 0 Å². The van der Waals surface area contributed by atoms with E-state index in [0.717, 1.165) is 28.6 Å². The van der Waals surface area contributed by atoms with Gasteiger partial charge in [-0.1, -0.05) is 56.2 Å². The minimum absolute atomic E-state index is 0.152. The topological polar surface area (TPSA) is 31.4 Å². The Bertz CT molecular complexity index is 810. The highest BCUT2D eigenvalue weighted by molar-refractivity contribution is 5.84. The first-order valence-electron chi connectivity index (χ1n) is 8.90. The van der Waals surface area contributed by atoms with E-state index in [-0.39, 0.29) is 6.10 Å². The first-order chi connectivity index (χ1) is 12.3. The van der Waals surface area contributed by atoms with Crippen LogP contribution in [-0.2, 0) is 11.3 Å². The van der Waals surface area contributed by atoms with Crippen molar-refractivity contribution >= 4 is 10.9 Å². The normalized spacial score (nSPS) is 12.2. The van der Waals surface area contributed by atoms with Crippen molar-refractivity contribution in [2.24, 2.45) is 0 Å². The van der Waals surface area contributed by atoms with E-state index in [1.165, 1.54) is 18.4 Å². The number of aromatic nitrogens is 1. The molecule has 0 radical (unpaired) electrons. The van der Waals surface area contributed by atoms with Gasteiger partial charge in [-0.3, -0.25) is 4.98 Å². The monoisotopic (exact) mass is 335 g/mol. The van der Waals surface area contributed by atoms with Crippen molar-refractivity contribution in [1.29, 1.82) is 0 Å². The first kappa shape index (κ1) is 17.4. The average molecular weight is 335 g/mol. The first-order valence-corrected chi connectivity index (χ1v) is 8.90. The van der Waals surface area contributed by atoms with Gasteiger partial charge in [0.15, 0.2) is 0 Å². The van der Waals surface area contributed by atoms with Crippen LogP contribution in [-0.4, -0.2) is 12.1 Å². The summed E-state index contributed by atoms with van der Waals surface area (Å²) >= 11 is 0. The average Bonchev–Trinajstić information content (AvgIpc) is 2.67. The summed E-state index contributed by atoms with van der Waals surface area (Å²) in [5.74, 6) is 0.817. The molecule has 0 aliphatic heterocycles. The molecule has 0 spiro atoms. The predicted octanol–water partition coefficient (Wildman–Crippen LogP) is 5.69. The van der Waals surface area contributed by atoms with Gasteiger partial charge in [0.05, 0.1) is 6.10 Å². The summed E-state index contributed by atoms with van der Waals surface area (Å²) in [7, 11) is 1.78. The zero-order chi connectivity index (χ0) is 17.5. The van der Waals surface area contributed by atoms with Crippen molar-refractivity contribution in [3.05, 3.63) is 71.9 Å². The van der Waals surface area contributed by atoms with Gasteiger partial charge in [-0.05, 0) is 35.7 Å². The molecule has 0 saturated heterocycles. The molecule has 2 aromatic carbocycles. The number of rotatable bonds is 8. The number of para-hydroxylation sites is 1. The van der Waals surface area contributed by atoms with Crippen molar-refractivity contribution in [1.82, 2.24) is 4.98 Å². The minimum Gasteiger partial charge on any atom is -0.487 e. The zero-order valence-corrected chi connectivity index (χ0v) is 14.9. The van der Waals surface area contributed by atoms with E-state index in [4.69, 9.17) is 9.47 Å². The Labute approximate surface area is 149 Å². The standard InChI is InChI=1S/C22H25NO2/c1-3-4-12-20(24-2)19-10-5-8-17(15-19)16-25-21-13-6-9-18-11-7-14-23-22(18)21/h5-11,13-15,20H,3-4,12,16H2,1-2H3. The Morgan fingerprint density at radius 1 is 1.04 bits per heavy atom. The van der Waals surface area contributed by atoms with Crippen molar-refractivity contribution in [3.8, 4) is 5.75 Å². The van der Waals surface area contributed by atoms with Crippen LogP contribution in [0.25, 0.3) is 10.9 Å². The fraction of sp³-hybridized carbons (Fsp3) is 0.318. The van der Waals surface area contributed by atoms with E-state index in [9.17, 15) is 0 Å². The van der Waals surface area contributed by atoms with Gasteiger partial charge in [0, 0.05) is 18.7 Å². The van der Waals surface area contributed by atoms with Crippen molar-refractivity contribution < 1.29 is 9.47 Å². The molecule has 0 aliphatic carbocycles. The molecular formula is C22H25NO2. The van der Waals surface area contributed by atoms with Crippen LogP contribution >= 0.6 is 0 Å². The van der Waals surface area contributed by atoms with Crippen LogP contribution in [0.5, 0.6) is 5.75 Å². The third kappa shape index (κ3) is 4.37. The van der Waals surface area contributed by atoms with Gasteiger partial charge in [0.2, 0.25) is 0 Å². The number of fused-ring (bicyclic) bond motifs is 1. The molecule has 0 aliphatic rings. The number of hydrogen-bond donors (Lipinski definition) is 0. The summed E-state index contributed by atoms with van der Waals surface area (Å²) in [6.45, 7) is 2.73. The summed E-state index contributed by atoms with van der Waals surface area (Å²) in [6, 6.07) is 18.5. The fourth-order valence-electron chi connectivity index (χ4n) is 3.05. The summed E-state index contributed by atoms with van der Waals surface area (Å²) in [5, 5.41) is 1.09. The Balaban J connectivity index is 1.74. The highest BCUT2D eigenvalue weighted by Crippen LogP contribution is 2.26. The summed E-state index contributed by atoms with van der Waals surface area (Å²) < 4.78 is 11.7. The smallest absolute Gasteiger partial charge is 0.146 e. The van der Waals surface area contributed by atoms with Gasteiger partial charge in [-0.2, -0.15) is 0 Å². The number of ether oxygens (including phenoxy) is 2. The SMILES string of the molecule is CCCCC(OC)c1cccc(COc2cccc3cccnc23)c1. The van der Waals surface area contributed by atoms with Crippen LogP contribution in [0.15, 0.2) is 60.8 Å². The number of hydrogen-bond acceptors (Lipinski definition) is 3. The molecule has 1 heterocycles. The number of methoxy groups -OCH3 is 1. The summed E-state index contributed by atoms with van der Waals surface area (Å²) in [5.41, 5.74) is 3.26. The lowest BCUT2D eigenvalue weighted by Crippen LogP contribution is -2.03. The molecule has 0 bridgehead atoms. The van der Waals surface area contributed by atoms with E-state index in [2.05, 4.69) is 36.2 Å². The molecule has 130 valence electrons. The second-order valence-corrected chi connectivity index (χ2v) is 6.23. The number of pyridine rings is 1. The van der Waals surface area contributed by atoms with Gasteiger partial charge in [-0.25, -0.2) is 0 Å². The molecule has 0 saturated carbocycles. The maximum Gasteiger partial charge on any atom is 0.146 e. The molecule has 3 nitrogen and oxygen atoms in total. The molecule has 1 unspecified atom stereocenters. The fourth-order valence-corrected chi connectivity index (χ4v) is 3.05. The maximum absolute atomic E-state index is 6.05. The molecular weight excluding hydrogens is 310 g/mol. The molecule has 1 aromatic heterocycles. The van der Waals surface area contributed by atoms with Gasteiger partial charge >= 0.3 is 0 Å². The number of nitrogens with zero attached hydrogens (tertiary/aromatic N) is 1. The second kappa shape index (κ2) is 8.63.